The zero-order valence-electron chi connectivity index (χ0n) is 28.5. The van der Waals surface area contributed by atoms with Gasteiger partial charge in [-0.3, -0.25) is 0 Å². The van der Waals surface area contributed by atoms with Crippen molar-refractivity contribution in [3.8, 4) is 11.1 Å². The first-order chi connectivity index (χ1) is 25.3. The lowest BCUT2D eigenvalue weighted by Gasteiger charge is -2.43. The maximum atomic E-state index is 6.71. The van der Waals surface area contributed by atoms with E-state index in [9.17, 15) is 0 Å². The summed E-state index contributed by atoms with van der Waals surface area (Å²) in [6.07, 6.45) is 14.8. The molecule has 0 spiro atoms. The Morgan fingerprint density at radius 3 is 1.96 bits per heavy atom. The van der Waals surface area contributed by atoms with Crippen molar-refractivity contribution in [3.63, 3.8) is 0 Å². The summed E-state index contributed by atoms with van der Waals surface area (Å²) in [5.41, 5.74) is 10.2. The van der Waals surface area contributed by atoms with Crippen molar-refractivity contribution >= 4 is 33.3 Å². The standard InChI is InChI=1S/C49H39NO/c1-4-15-34(16-5-1)35-27-29-38(30-28-35)50(46-25-14-23-43-42-22-11-13-26-47(42)51-48(43)46)39-31-32-41-40-21-10-12-24-44(40)49(45(41)33-39,36-17-6-2-7-18-36)37-19-8-3-9-20-37/h1-11,13-23,25-33,40-41,44-45H,12,24H2. The molecule has 51 heavy (non-hydrogen) atoms. The van der Waals surface area contributed by atoms with Crippen LogP contribution in [-0.2, 0) is 5.41 Å². The molecule has 246 valence electrons. The zero-order valence-corrected chi connectivity index (χ0v) is 28.5. The fourth-order valence-corrected chi connectivity index (χ4v) is 9.84. The van der Waals surface area contributed by atoms with Gasteiger partial charge < -0.3 is 9.32 Å². The smallest absolute Gasteiger partial charge is 0.159 e. The average molecular weight is 658 g/mol. The molecule has 0 bridgehead atoms. The second kappa shape index (κ2) is 12.2. The van der Waals surface area contributed by atoms with E-state index in [1.807, 2.05) is 0 Å². The Balaban J connectivity index is 1.20. The molecule has 1 saturated carbocycles. The Morgan fingerprint density at radius 1 is 0.569 bits per heavy atom. The largest absolute Gasteiger partial charge is 0.454 e. The van der Waals surface area contributed by atoms with E-state index in [0.717, 1.165) is 39.7 Å². The summed E-state index contributed by atoms with van der Waals surface area (Å²) in [5.74, 6) is 1.59. The van der Waals surface area contributed by atoms with Crippen molar-refractivity contribution in [2.75, 3.05) is 4.90 Å². The third-order valence-electron chi connectivity index (χ3n) is 11.9. The normalized spacial score (nSPS) is 21.7. The average Bonchev–Trinajstić information content (AvgIpc) is 3.74. The summed E-state index contributed by atoms with van der Waals surface area (Å²) < 4.78 is 6.71. The molecule has 0 N–H and O–H groups in total. The quantitative estimate of drug-likeness (QED) is 0.166. The van der Waals surface area contributed by atoms with Crippen LogP contribution in [0.3, 0.4) is 0 Å². The van der Waals surface area contributed by atoms with Gasteiger partial charge >= 0.3 is 0 Å². The minimum atomic E-state index is -0.174. The van der Waals surface area contributed by atoms with Gasteiger partial charge in [-0.1, -0.05) is 158 Å². The first-order valence-corrected chi connectivity index (χ1v) is 18.3. The van der Waals surface area contributed by atoms with Crippen LogP contribution in [0.5, 0.6) is 0 Å². The molecule has 3 aliphatic carbocycles. The van der Waals surface area contributed by atoms with Gasteiger partial charge in [-0.2, -0.15) is 0 Å². The van der Waals surface area contributed by atoms with Crippen LogP contribution >= 0.6 is 0 Å². The van der Waals surface area contributed by atoms with Crippen LogP contribution < -0.4 is 4.90 Å². The summed E-state index contributed by atoms with van der Waals surface area (Å²) in [6, 6.07) is 57.4. The molecule has 1 fully saturated rings. The highest BCUT2D eigenvalue weighted by Gasteiger charge is 2.60. The summed E-state index contributed by atoms with van der Waals surface area (Å²) in [4.78, 5) is 2.44. The van der Waals surface area contributed by atoms with Crippen LogP contribution in [0.2, 0.25) is 0 Å². The molecule has 7 aromatic rings. The fourth-order valence-electron chi connectivity index (χ4n) is 9.84. The molecular weight excluding hydrogens is 619 g/mol. The molecule has 4 atom stereocenters. The van der Waals surface area contributed by atoms with Gasteiger partial charge in [0, 0.05) is 27.6 Å². The van der Waals surface area contributed by atoms with E-state index in [2.05, 4.69) is 193 Å². The third kappa shape index (κ3) is 4.70. The lowest BCUT2D eigenvalue weighted by Crippen LogP contribution is -2.40. The maximum absolute atomic E-state index is 6.71. The van der Waals surface area contributed by atoms with Crippen molar-refractivity contribution in [1.82, 2.24) is 0 Å². The molecule has 1 heterocycles. The van der Waals surface area contributed by atoms with E-state index in [1.165, 1.54) is 34.4 Å². The van der Waals surface area contributed by atoms with Crippen LogP contribution in [0.4, 0.5) is 11.4 Å². The Morgan fingerprint density at radius 2 is 1.22 bits per heavy atom. The van der Waals surface area contributed by atoms with E-state index in [-0.39, 0.29) is 11.3 Å². The summed E-state index contributed by atoms with van der Waals surface area (Å²) in [5, 5.41) is 2.27. The van der Waals surface area contributed by atoms with Crippen LogP contribution in [0.15, 0.2) is 198 Å². The fraction of sp³-hybridized carbons (Fsp3) is 0.143. The van der Waals surface area contributed by atoms with Crippen LogP contribution in [-0.4, -0.2) is 0 Å². The number of hydrogen-bond acceptors (Lipinski definition) is 2. The lowest BCUT2D eigenvalue weighted by molar-refractivity contribution is 0.285. The molecule has 4 unspecified atom stereocenters. The highest BCUT2D eigenvalue weighted by atomic mass is 16.3. The van der Waals surface area contributed by atoms with Gasteiger partial charge in [0.25, 0.3) is 0 Å². The Hall–Kier alpha value is -5.86. The SMILES string of the molecule is C1=CC2C3C=CC(N(c4ccc(-c5ccccc5)cc4)c4cccc5c4oc4ccccc45)=CC3C(c3ccccc3)(c3ccccc3)C2CC1. The van der Waals surface area contributed by atoms with Crippen molar-refractivity contribution in [2.24, 2.45) is 23.7 Å². The van der Waals surface area contributed by atoms with E-state index >= 15 is 0 Å². The first kappa shape index (κ1) is 30.0. The Bertz CT molecular complexity index is 2400. The maximum Gasteiger partial charge on any atom is 0.159 e. The van der Waals surface area contributed by atoms with E-state index in [0.29, 0.717) is 17.8 Å². The summed E-state index contributed by atoms with van der Waals surface area (Å²) >= 11 is 0. The highest BCUT2D eigenvalue weighted by molar-refractivity contribution is 6.09. The number of benzene rings is 6. The van der Waals surface area contributed by atoms with Crippen molar-refractivity contribution in [3.05, 3.63) is 205 Å². The molecule has 2 nitrogen and oxygen atoms in total. The van der Waals surface area contributed by atoms with Gasteiger partial charge in [0.2, 0.25) is 0 Å². The minimum Gasteiger partial charge on any atom is -0.454 e. The summed E-state index contributed by atoms with van der Waals surface area (Å²) in [6.45, 7) is 0. The van der Waals surface area contributed by atoms with Crippen LogP contribution in [0.1, 0.15) is 24.0 Å². The molecule has 0 radical (unpaired) electrons. The van der Waals surface area contributed by atoms with Gasteiger partial charge in [0.1, 0.15) is 5.58 Å². The van der Waals surface area contributed by atoms with Gasteiger partial charge in [-0.05, 0) is 89.1 Å². The molecule has 0 saturated heterocycles. The highest BCUT2D eigenvalue weighted by Crippen LogP contribution is 2.64. The van der Waals surface area contributed by atoms with Crippen molar-refractivity contribution in [2.45, 2.75) is 18.3 Å². The second-order valence-corrected chi connectivity index (χ2v) is 14.3. The minimum absolute atomic E-state index is 0.174. The topological polar surface area (TPSA) is 16.4 Å². The predicted molar refractivity (Wildman–Crippen MR) is 211 cm³/mol. The molecule has 0 amide bonds. The molecule has 6 aromatic carbocycles. The lowest BCUT2D eigenvalue weighted by atomic mass is 9.60. The monoisotopic (exact) mass is 657 g/mol. The number of fused-ring (bicyclic) bond motifs is 6. The van der Waals surface area contributed by atoms with Crippen LogP contribution in [0.25, 0.3) is 33.1 Å². The number of para-hydroxylation sites is 2. The molecule has 2 heteroatoms. The number of rotatable bonds is 6. The second-order valence-electron chi connectivity index (χ2n) is 14.3. The molecule has 10 rings (SSSR count). The van der Waals surface area contributed by atoms with Crippen molar-refractivity contribution < 1.29 is 4.42 Å². The Kier molecular flexibility index (Phi) is 7.16. The summed E-state index contributed by atoms with van der Waals surface area (Å²) in [7, 11) is 0. The van der Waals surface area contributed by atoms with Gasteiger partial charge in [0.15, 0.2) is 5.58 Å². The van der Waals surface area contributed by atoms with Gasteiger partial charge in [-0.15, -0.1) is 0 Å². The molecule has 3 aliphatic rings. The number of furan rings is 1. The van der Waals surface area contributed by atoms with Gasteiger partial charge in [0.05, 0.1) is 5.69 Å². The number of hydrogen-bond donors (Lipinski definition) is 0. The molecule has 1 aromatic heterocycles. The van der Waals surface area contributed by atoms with Crippen molar-refractivity contribution in [1.29, 1.82) is 0 Å². The number of nitrogens with zero attached hydrogens (tertiary/aromatic N) is 1. The third-order valence-corrected chi connectivity index (χ3v) is 11.9. The predicted octanol–water partition coefficient (Wildman–Crippen LogP) is 12.7. The van der Waals surface area contributed by atoms with Crippen LogP contribution in [0, 0.1) is 23.7 Å². The number of allylic oxidation sites excluding steroid dienone is 5. The molecule has 0 aliphatic heterocycles. The van der Waals surface area contributed by atoms with Gasteiger partial charge in [-0.25, -0.2) is 0 Å². The Labute approximate surface area is 299 Å². The zero-order chi connectivity index (χ0) is 33.8. The molecular formula is C49H39NO. The van der Waals surface area contributed by atoms with E-state index in [4.69, 9.17) is 4.42 Å². The van der Waals surface area contributed by atoms with E-state index in [1.54, 1.807) is 0 Å². The van der Waals surface area contributed by atoms with E-state index < -0.39 is 0 Å². The number of anilines is 2. The first-order valence-electron chi connectivity index (χ1n) is 18.3.